The highest BCUT2D eigenvalue weighted by atomic mass is 32.2. The fourth-order valence-electron chi connectivity index (χ4n) is 2.62. The van der Waals surface area contributed by atoms with Gasteiger partial charge in [0.05, 0.1) is 24.3 Å². The van der Waals surface area contributed by atoms with E-state index in [9.17, 15) is 4.79 Å². The number of amides is 1. The molecule has 1 heterocycles. The van der Waals surface area contributed by atoms with Crippen LogP contribution in [0.5, 0.6) is 11.5 Å². The van der Waals surface area contributed by atoms with Crippen LogP contribution >= 0.6 is 11.8 Å². The van der Waals surface area contributed by atoms with Gasteiger partial charge in [-0.2, -0.15) is 0 Å². The maximum absolute atomic E-state index is 12.7. The molecular weight excluding hydrogens is 360 g/mol. The number of amidine groups is 1. The number of methoxy groups -OCH3 is 1. The largest absolute Gasteiger partial charge is 0.497 e. The van der Waals surface area contributed by atoms with Crippen LogP contribution in [0.1, 0.15) is 19.4 Å². The molecule has 0 aromatic heterocycles. The van der Waals surface area contributed by atoms with Crippen molar-refractivity contribution in [3.05, 3.63) is 59.0 Å². The van der Waals surface area contributed by atoms with E-state index in [-0.39, 0.29) is 5.91 Å². The van der Waals surface area contributed by atoms with Crippen LogP contribution in [-0.2, 0) is 4.79 Å². The molecule has 0 spiro atoms. The zero-order valence-corrected chi connectivity index (χ0v) is 16.5. The second-order valence-electron chi connectivity index (χ2n) is 5.75. The Bertz CT molecular complexity index is 858. The second-order valence-corrected chi connectivity index (χ2v) is 6.76. The number of benzene rings is 2. The number of carbonyl (C=O) groups is 1. The Morgan fingerprint density at radius 3 is 2.30 bits per heavy atom. The van der Waals surface area contributed by atoms with E-state index in [4.69, 9.17) is 9.47 Å². The first-order valence-electron chi connectivity index (χ1n) is 8.81. The molecule has 2 aromatic rings. The van der Waals surface area contributed by atoms with E-state index in [2.05, 4.69) is 4.99 Å². The lowest BCUT2D eigenvalue weighted by molar-refractivity contribution is -0.122. The summed E-state index contributed by atoms with van der Waals surface area (Å²) in [7, 11) is 1.63. The number of thioether (sulfide) groups is 1. The van der Waals surface area contributed by atoms with Gasteiger partial charge in [0, 0.05) is 6.54 Å². The van der Waals surface area contributed by atoms with E-state index in [1.165, 1.54) is 11.8 Å². The number of ether oxygens (including phenoxy) is 2. The third-order valence-corrected chi connectivity index (χ3v) is 5.00. The van der Waals surface area contributed by atoms with E-state index in [1.807, 2.05) is 68.5 Å². The summed E-state index contributed by atoms with van der Waals surface area (Å²) in [6, 6.07) is 15.2. The zero-order valence-electron chi connectivity index (χ0n) is 15.6. The SMILES string of the molecule is CCOc1ccc(N=C2S/C(=C\c3ccc(OC)cc3)C(=O)N2CC)cc1. The molecular formula is C21H22N2O3S. The van der Waals surface area contributed by atoms with Crippen LogP contribution in [0.4, 0.5) is 5.69 Å². The molecule has 2 aromatic carbocycles. The van der Waals surface area contributed by atoms with Crippen LogP contribution < -0.4 is 9.47 Å². The van der Waals surface area contributed by atoms with Crippen molar-refractivity contribution < 1.29 is 14.3 Å². The summed E-state index contributed by atoms with van der Waals surface area (Å²) < 4.78 is 10.6. The lowest BCUT2D eigenvalue weighted by Gasteiger charge is -2.12. The van der Waals surface area contributed by atoms with Crippen LogP contribution in [0.2, 0.25) is 0 Å². The molecule has 0 saturated carbocycles. The molecule has 0 atom stereocenters. The molecule has 27 heavy (non-hydrogen) atoms. The Morgan fingerprint density at radius 2 is 1.70 bits per heavy atom. The number of carbonyl (C=O) groups excluding carboxylic acids is 1. The van der Waals surface area contributed by atoms with Crippen LogP contribution in [0.25, 0.3) is 6.08 Å². The summed E-state index contributed by atoms with van der Waals surface area (Å²) in [6.45, 7) is 5.09. The van der Waals surface area contributed by atoms with E-state index in [0.29, 0.717) is 23.2 Å². The summed E-state index contributed by atoms with van der Waals surface area (Å²) in [5, 5.41) is 0.687. The molecule has 1 saturated heterocycles. The number of aliphatic imine (C=N–C) groups is 1. The first kappa shape index (κ1) is 19.0. The molecule has 1 amide bonds. The lowest BCUT2D eigenvalue weighted by atomic mass is 10.2. The Morgan fingerprint density at radius 1 is 1.04 bits per heavy atom. The quantitative estimate of drug-likeness (QED) is 0.679. The fraction of sp³-hybridized carbons (Fsp3) is 0.238. The number of hydrogen-bond acceptors (Lipinski definition) is 5. The number of rotatable bonds is 6. The molecule has 0 radical (unpaired) electrons. The normalized spacial score (nSPS) is 17.0. The highest BCUT2D eigenvalue weighted by molar-refractivity contribution is 8.18. The molecule has 0 bridgehead atoms. The van der Waals surface area contributed by atoms with Gasteiger partial charge < -0.3 is 9.47 Å². The van der Waals surface area contributed by atoms with Crippen molar-refractivity contribution >= 4 is 34.6 Å². The molecule has 5 nitrogen and oxygen atoms in total. The van der Waals surface area contributed by atoms with Crippen molar-refractivity contribution in [3.8, 4) is 11.5 Å². The number of hydrogen-bond donors (Lipinski definition) is 0. The predicted octanol–water partition coefficient (Wildman–Crippen LogP) is 4.72. The fourth-order valence-corrected chi connectivity index (χ4v) is 3.68. The zero-order chi connectivity index (χ0) is 19.2. The summed E-state index contributed by atoms with van der Waals surface area (Å²) >= 11 is 1.39. The van der Waals surface area contributed by atoms with Gasteiger partial charge in [-0.1, -0.05) is 12.1 Å². The minimum Gasteiger partial charge on any atom is -0.497 e. The number of likely N-dealkylation sites (N-methyl/N-ethyl adjacent to an activating group) is 1. The topological polar surface area (TPSA) is 51.1 Å². The maximum Gasteiger partial charge on any atom is 0.266 e. The molecule has 1 fully saturated rings. The van der Waals surface area contributed by atoms with Gasteiger partial charge in [0.15, 0.2) is 5.17 Å². The van der Waals surface area contributed by atoms with Gasteiger partial charge in [0.2, 0.25) is 0 Å². The van der Waals surface area contributed by atoms with Gasteiger partial charge in [0.1, 0.15) is 11.5 Å². The van der Waals surface area contributed by atoms with Crippen LogP contribution in [-0.4, -0.2) is 36.2 Å². The highest BCUT2D eigenvalue weighted by Crippen LogP contribution is 2.34. The Labute approximate surface area is 163 Å². The van der Waals surface area contributed by atoms with Crippen molar-refractivity contribution in [3.63, 3.8) is 0 Å². The molecule has 6 heteroatoms. The van der Waals surface area contributed by atoms with Crippen molar-refractivity contribution in [2.24, 2.45) is 4.99 Å². The molecule has 0 aliphatic carbocycles. The Balaban J connectivity index is 1.83. The molecule has 0 unspecified atom stereocenters. The lowest BCUT2D eigenvalue weighted by Crippen LogP contribution is -2.28. The van der Waals surface area contributed by atoms with E-state index < -0.39 is 0 Å². The Hall–Kier alpha value is -2.73. The van der Waals surface area contributed by atoms with E-state index in [1.54, 1.807) is 12.0 Å². The van der Waals surface area contributed by atoms with Crippen LogP contribution in [0, 0.1) is 0 Å². The average Bonchev–Trinajstić information content (AvgIpc) is 2.98. The minimum absolute atomic E-state index is 0.0250. The highest BCUT2D eigenvalue weighted by Gasteiger charge is 2.32. The van der Waals surface area contributed by atoms with Crippen molar-refractivity contribution in [2.75, 3.05) is 20.3 Å². The first-order valence-corrected chi connectivity index (χ1v) is 9.63. The third kappa shape index (κ3) is 4.52. The Kier molecular flexibility index (Phi) is 6.19. The average molecular weight is 382 g/mol. The van der Waals surface area contributed by atoms with E-state index >= 15 is 0 Å². The second kappa shape index (κ2) is 8.77. The number of nitrogens with zero attached hydrogens (tertiary/aromatic N) is 2. The summed E-state index contributed by atoms with van der Waals surface area (Å²) in [4.78, 5) is 19.7. The van der Waals surface area contributed by atoms with Gasteiger partial charge in [-0.3, -0.25) is 9.69 Å². The third-order valence-electron chi connectivity index (χ3n) is 3.99. The molecule has 140 valence electrons. The van der Waals surface area contributed by atoms with Crippen molar-refractivity contribution in [2.45, 2.75) is 13.8 Å². The smallest absolute Gasteiger partial charge is 0.266 e. The minimum atomic E-state index is -0.0250. The molecule has 1 aliphatic rings. The van der Waals surface area contributed by atoms with Crippen molar-refractivity contribution in [1.82, 2.24) is 4.90 Å². The maximum atomic E-state index is 12.7. The van der Waals surface area contributed by atoms with Gasteiger partial charge in [0.25, 0.3) is 5.91 Å². The van der Waals surface area contributed by atoms with Gasteiger partial charge >= 0.3 is 0 Å². The van der Waals surface area contributed by atoms with Gasteiger partial charge in [-0.15, -0.1) is 0 Å². The standard InChI is InChI=1S/C21H22N2O3S/c1-4-23-20(24)19(14-15-6-10-17(25-3)11-7-15)27-21(23)22-16-8-12-18(13-9-16)26-5-2/h6-14H,4-5H2,1-3H3/b19-14-,22-21?. The molecule has 1 aliphatic heterocycles. The van der Waals surface area contributed by atoms with Crippen LogP contribution in [0.3, 0.4) is 0 Å². The van der Waals surface area contributed by atoms with E-state index in [0.717, 1.165) is 22.7 Å². The summed E-state index contributed by atoms with van der Waals surface area (Å²) in [5.41, 5.74) is 1.74. The summed E-state index contributed by atoms with van der Waals surface area (Å²) in [5.74, 6) is 1.57. The van der Waals surface area contributed by atoms with Crippen molar-refractivity contribution in [1.29, 1.82) is 0 Å². The molecule has 0 N–H and O–H groups in total. The predicted molar refractivity (Wildman–Crippen MR) is 111 cm³/mol. The first-order chi connectivity index (χ1) is 13.1. The summed E-state index contributed by atoms with van der Waals surface area (Å²) in [6.07, 6.45) is 1.88. The monoisotopic (exact) mass is 382 g/mol. The van der Waals surface area contributed by atoms with Gasteiger partial charge in [-0.25, -0.2) is 4.99 Å². The van der Waals surface area contributed by atoms with Crippen LogP contribution in [0.15, 0.2) is 58.4 Å². The van der Waals surface area contributed by atoms with Gasteiger partial charge in [-0.05, 0) is 73.6 Å². The molecule has 3 rings (SSSR count).